The Balaban J connectivity index is 2.83. The van der Waals surface area contributed by atoms with Crippen LogP contribution in [0.3, 0.4) is 0 Å². The van der Waals surface area contributed by atoms with Gasteiger partial charge in [0.15, 0.2) is 0 Å². The zero-order valence-electron chi connectivity index (χ0n) is 10.1. The normalized spacial score (nSPS) is 11.3. The minimum absolute atomic E-state index is 0.104. The van der Waals surface area contributed by atoms with Gasteiger partial charge in [0.05, 0.1) is 0 Å². The molecule has 0 bridgehead atoms. The van der Waals surface area contributed by atoms with E-state index in [0.717, 1.165) is 12.0 Å². The van der Waals surface area contributed by atoms with Crippen LogP contribution in [0.25, 0.3) is 0 Å². The number of carbonyl (C=O) groups is 1. The highest BCUT2D eigenvalue weighted by Gasteiger charge is 2.11. The Morgan fingerprint density at radius 2 is 1.94 bits per heavy atom. The predicted molar refractivity (Wildman–Crippen MR) is 66.9 cm³/mol. The van der Waals surface area contributed by atoms with Crippen molar-refractivity contribution in [2.24, 2.45) is 4.99 Å². The molecule has 0 saturated carbocycles. The van der Waals surface area contributed by atoms with Gasteiger partial charge in [-0.1, -0.05) is 36.8 Å². The van der Waals surface area contributed by atoms with E-state index in [-0.39, 0.29) is 5.91 Å². The second-order valence-corrected chi connectivity index (χ2v) is 3.69. The summed E-state index contributed by atoms with van der Waals surface area (Å²) in [5.41, 5.74) is 2.53. The Kier molecular flexibility index (Phi) is 4.70. The van der Waals surface area contributed by atoms with Gasteiger partial charge in [-0.2, -0.15) is 0 Å². The molecule has 0 aliphatic rings. The van der Waals surface area contributed by atoms with E-state index in [1.807, 2.05) is 38.1 Å². The highest BCUT2D eigenvalue weighted by Crippen LogP contribution is 2.05. The van der Waals surface area contributed by atoms with Crippen molar-refractivity contribution in [1.82, 2.24) is 5.32 Å². The molecule has 0 radical (unpaired) electrons. The largest absolute Gasteiger partial charge is 0.351 e. The molecule has 0 unspecified atom stereocenters. The van der Waals surface area contributed by atoms with Crippen LogP contribution in [0.1, 0.15) is 24.5 Å². The number of aryl methyl sites for hydroxylation is 1. The molecule has 0 aliphatic heterocycles. The van der Waals surface area contributed by atoms with E-state index in [2.05, 4.69) is 10.3 Å². The number of aliphatic imine (C=N–C) groups is 1. The fourth-order valence-electron chi connectivity index (χ4n) is 1.40. The van der Waals surface area contributed by atoms with Gasteiger partial charge in [0, 0.05) is 19.2 Å². The first kappa shape index (κ1) is 12.4. The van der Waals surface area contributed by atoms with Gasteiger partial charge >= 0.3 is 0 Å². The van der Waals surface area contributed by atoms with E-state index in [4.69, 9.17) is 0 Å². The maximum absolute atomic E-state index is 11.8. The maximum atomic E-state index is 11.8. The number of nitrogens with one attached hydrogen (secondary N) is 1. The molecule has 0 atom stereocenters. The summed E-state index contributed by atoms with van der Waals surface area (Å²) >= 11 is 0. The first-order chi connectivity index (χ1) is 7.69. The number of nitrogens with zero attached hydrogens (tertiary/aromatic N) is 1. The third-order valence-corrected chi connectivity index (χ3v) is 2.30. The SMILES string of the molecule is CCCNC(=O)C(=NC)c1ccc(C)cc1. The molecule has 0 fully saturated rings. The summed E-state index contributed by atoms with van der Waals surface area (Å²) in [6, 6.07) is 7.80. The maximum Gasteiger partial charge on any atom is 0.270 e. The Morgan fingerprint density at radius 1 is 1.31 bits per heavy atom. The lowest BCUT2D eigenvalue weighted by atomic mass is 10.1. The fraction of sp³-hybridized carbons (Fsp3) is 0.385. The van der Waals surface area contributed by atoms with Crippen molar-refractivity contribution in [3.8, 4) is 0 Å². The first-order valence-corrected chi connectivity index (χ1v) is 5.51. The van der Waals surface area contributed by atoms with Crippen LogP contribution in [0, 0.1) is 6.92 Å². The van der Waals surface area contributed by atoms with Crippen LogP contribution in [-0.2, 0) is 4.79 Å². The van der Waals surface area contributed by atoms with Gasteiger partial charge in [0.1, 0.15) is 5.71 Å². The zero-order valence-corrected chi connectivity index (χ0v) is 10.1. The molecular formula is C13H18N2O. The number of rotatable bonds is 4. The molecule has 0 spiro atoms. The van der Waals surface area contributed by atoms with Crippen LogP contribution < -0.4 is 5.32 Å². The zero-order chi connectivity index (χ0) is 12.0. The van der Waals surface area contributed by atoms with Crippen molar-refractivity contribution in [2.75, 3.05) is 13.6 Å². The van der Waals surface area contributed by atoms with Crippen LogP contribution in [0.15, 0.2) is 29.3 Å². The second-order valence-electron chi connectivity index (χ2n) is 3.69. The molecule has 86 valence electrons. The average molecular weight is 218 g/mol. The van der Waals surface area contributed by atoms with Crippen LogP contribution in [0.4, 0.5) is 0 Å². The number of amides is 1. The fourth-order valence-corrected chi connectivity index (χ4v) is 1.40. The van der Waals surface area contributed by atoms with E-state index in [0.29, 0.717) is 12.3 Å². The quantitative estimate of drug-likeness (QED) is 0.771. The molecule has 3 nitrogen and oxygen atoms in total. The Morgan fingerprint density at radius 3 is 2.44 bits per heavy atom. The molecule has 1 aromatic carbocycles. The second kappa shape index (κ2) is 6.05. The lowest BCUT2D eigenvalue weighted by Crippen LogP contribution is -2.32. The standard InChI is InChI=1S/C13H18N2O/c1-4-9-15-13(16)12(14-3)11-7-5-10(2)6-8-11/h5-8H,4,9H2,1-3H3,(H,15,16). The Bertz CT molecular complexity index is 379. The van der Waals surface area contributed by atoms with Crippen molar-refractivity contribution in [2.45, 2.75) is 20.3 Å². The van der Waals surface area contributed by atoms with Gasteiger partial charge in [-0.3, -0.25) is 9.79 Å². The average Bonchev–Trinajstić information content (AvgIpc) is 2.30. The summed E-state index contributed by atoms with van der Waals surface area (Å²) in [6.45, 7) is 4.72. The monoisotopic (exact) mass is 218 g/mol. The molecule has 0 aromatic heterocycles. The third-order valence-electron chi connectivity index (χ3n) is 2.30. The molecule has 0 saturated heterocycles. The van der Waals surface area contributed by atoms with Gasteiger partial charge in [-0.15, -0.1) is 0 Å². The Hall–Kier alpha value is -1.64. The number of carbonyl (C=O) groups excluding carboxylic acids is 1. The van der Waals surface area contributed by atoms with E-state index in [1.54, 1.807) is 7.05 Å². The number of hydrogen-bond donors (Lipinski definition) is 1. The van der Waals surface area contributed by atoms with Crippen molar-refractivity contribution < 1.29 is 4.79 Å². The summed E-state index contributed by atoms with van der Waals surface area (Å²) in [5, 5.41) is 2.83. The number of benzene rings is 1. The smallest absolute Gasteiger partial charge is 0.270 e. The summed E-state index contributed by atoms with van der Waals surface area (Å²) in [4.78, 5) is 15.8. The third kappa shape index (κ3) is 3.19. The molecule has 1 N–H and O–H groups in total. The van der Waals surface area contributed by atoms with Crippen LogP contribution in [-0.4, -0.2) is 25.2 Å². The minimum atomic E-state index is -0.104. The highest BCUT2D eigenvalue weighted by atomic mass is 16.1. The summed E-state index contributed by atoms with van der Waals surface area (Å²) in [5.74, 6) is -0.104. The summed E-state index contributed by atoms with van der Waals surface area (Å²) in [7, 11) is 1.64. The predicted octanol–water partition coefficient (Wildman–Crippen LogP) is 1.94. The van der Waals surface area contributed by atoms with Gasteiger partial charge in [-0.25, -0.2) is 0 Å². The Labute approximate surface area is 96.6 Å². The molecular weight excluding hydrogens is 200 g/mol. The van der Waals surface area contributed by atoms with Gasteiger partial charge in [0.25, 0.3) is 5.91 Å². The van der Waals surface area contributed by atoms with Gasteiger partial charge < -0.3 is 5.32 Å². The molecule has 1 rings (SSSR count). The van der Waals surface area contributed by atoms with Gasteiger partial charge in [0.2, 0.25) is 0 Å². The van der Waals surface area contributed by atoms with Crippen molar-refractivity contribution >= 4 is 11.6 Å². The lowest BCUT2D eigenvalue weighted by Gasteiger charge is -2.06. The van der Waals surface area contributed by atoms with Crippen molar-refractivity contribution in [1.29, 1.82) is 0 Å². The molecule has 0 aliphatic carbocycles. The molecule has 1 amide bonds. The van der Waals surface area contributed by atoms with E-state index >= 15 is 0 Å². The van der Waals surface area contributed by atoms with Crippen molar-refractivity contribution in [3.63, 3.8) is 0 Å². The summed E-state index contributed by atoms with van der Waals surface area (Å²) in [6.07, 6.45) is 0.927. The number of hydrogen-bond acceptors (Lipinski definition) is 2. The van der Waals surface area contributed by atoms with E-state index in [1.165, 1.54) is 5.56 Å². The molecule has 0 heterocycles. The lowest BCUT2D eigenvalue weighted by molar-refractivity contribution is -0.114. The van der Waals surface area contributed by atoms with Crippen molar-refractivity contribution in [3.05, 3.63) is 35.4 Å². The minimum Gasteiger partial charge on any atom is -0.351 e. The van der Waals surface area contributed by atoms with E-state index in [9.17, 15) is 4.79 Å². The summed E-state index contributed by atoms with van der Waals surface area (Å²) < 4.78 is 0. The van der Waals surface area contributed by atoms with E-state index < -0.39 is 0 Å². The highest BCUT2D eigenvalue weighted by molar-refractivity contribution is 6.45. The van der Waals surface area contributed by atoms with Crippen LogP contribution in [0.5, 0.6) is 0 Å². The molecule has 16 heavy (non-hydrogen) atoms. The van der Waals surface area contributed by atoms with Gasteiger partial charge in [-0.05, 0) is 13.3 Å². The first-order valence-electron chi connectivity index (χ1n) is 5.51. The van der Waals surface area contributed by atoms with Crippen LogP contribution in [0.2, 0.25) is 0 Å². The van der Waals surface area contributed by atoms with Crippen LogP contribution >= 0.6 is 0 Å². The molecule has 3 heteroatoms. The molecule has 1 aromatic rings. The topological polar surface area (TPSA) is 41.5 Å².